The molecule has 0 aromatic heterocycles. The van der Waals surface area contributed by atoms with Crippen LogP contribution < -0.4 is 10.1 Å². The van der Waals surface area contributed by atoms with Gasteiger partial charge in [-0.05, 0) is 55.8 Å². The highest BCUT2D eigenvalue weighted by molar-refractivity contribution is 6.33. The van der Waals surface area contributed by atoms with E-state index in [2.05, 4.69) is 15.0 Å². The van der Waals surface area contributed by atoms with Gasteiger partial charge in [-0.3, -0.25) is 0 Å². The summed E-state index contributed by atoms with van der Waals surface area (Å²) in [5.41, 5.74) is 3.20. The zero-order valence-corrected chi connectivity index (χ0v) is 15.0. The number of hydrogen-bond donors (Lipinski definition) is 1. The lowest BCUT2D eigenvalue weighted by molar-refractivity contribution is -0.0498. The van der Waals surface area contributed by atoms with Gasteiger partial charge in [0.05, 0.1) is 17.0 Å². The van der Waals surface area contributed by atoms with Crippen molar-refractivity contribution in [1.82, 2.24) is 4.90 Å². The van der Waals surface area contributed by atoms with Gasteiger partial charge < -0.3 is 15.0 Å². The average molecular weight is 368 g/mol. The molecular weight excluding hydrogens is 348 g/mol. The summed E-state index contributed by atoms with van der Waals surface area (Å²) in [7, 11) is 1.93. The Labute approximate surface area is 151 Å². The van der Waals surface area contributed by atoms with Crippen molar-refractivity contribution < 1.29 is 13.5 Å². The van der Waals surface area contributed by atoms with Crippen molar-refractivity contribution in [1.29, 1.82) is 0 Å². The van der Waals surface area contributed by atoms with Crippen molar-refractivity contribution in [2.24, 2.45) is 4.99 Å². The Kier molecular flexibility index (Phi) is 6.58. The fraction of sp³-hybridized carbons (Fsp3) is 0.278. The largest absolute Gasteiger partial charge is 0.435 e. The first kappa shape index (κ1) is 19.0. The lowest BCUT2D eigenvalue weighted by Crippen LogP contribution is -2.14. The number of aliphatic imine (C=N–C) groups is 1. The average Bonchev–Trinajstić information content (AvgIpc) is 2.57. The normalized spacial score (nSPS) is 11.2. The summed E-state index contributed by atoms with van der Waals surface area (Å²) in [6.07, 6.45) is 1.73. The molecule has 0 saturated carbocycles. The van der Waals surface area contributed by atoms with Gasteiger partial charge in [0.1, 0.15) is 5.75 Å². The number of rotatable bonds is 7. The molecule has 0 aliphatic heterocycles. The number of alkyl halides is 2. The zero-order valence-electron chi connectivity index (χ0n) is 14.3. The highest BCUT2D eigenvalue weighted by Gasteiger charge is 2.07. The maximum absolute atomic E-state index is 12.2. The molecule has 25 heavy (non-hydrogen) atoms. The molecule has 2 aromatic rings. The lowest BCUT2D eigenvalue weighted by Gasteiger charge is -2.13. The second kappa shape index (κ2) is 8.67. The number of anilines is 2. The molecule has 0 spiro atoms. The van der Waals surface area contributed by atoms with Crippen LogP contribution in [0, 0.1) is 6.92 Å². The SMILES string of the molecule is CCN(C)/C=N\c1cc(C)c(Nc2ccc(OC(F)F)cc2)cc1Cl. The van der Waals surface area contributed by atoms with Crippen LogP contribution in [0.15, 0.2) is 41.4 Å². The Hall–Kier alpha value is -2.34. The molecule has 2 aromatic carbocycles. The maximum atomic E-state index is 12.2. The van der Waals surface area contributed by atoms with Gasteiger partial charge in [0.15, 0.2) is 0 Å². The second-order valence-electron chi connectivity index (χ2n) is 5.46. The first-order valence-corrected chi connectivity index (χ1v) is 8.13. The van der Waals surface area contributed by atoms with E-state index >= 15 is 0 Å². The molecule has 0 atom stereocenters. The smallest absolute Gasteiger partial charge is 0.387 e. The molecule has 0 bridgehead atoms. The molecular formula is C18H20ClF2N3O. The molecule has 0 saturated heterocycles. The van der Waals surface area contributed by atoms with E-state index in [1.165, 1.54) is 12.1 Å². The van der Waals surface area contributed by atoms with E-state index in [4.69, 9.17) is 11.6 Å². The zero-order chi connectivity index (χ0) is 18.4. The minimum atomic E-state index is -2.83. The van der Waals surface area contributed by atoms with Crippen LogP contribution in [-0.2, 0) is 0 Å². The molecule has 0 amide bonds. The number of aryl methyl sites for hydroxylation is 1. The third kappa shape index (κ3) is 5.60. The second-order valence-corrected chi connectivity index (χ2v) is 5.87. The summed E-state index contributed by atoms with van der Waals surface area (Å²) in [5, 5.41) is 3.73. The van der Waals surface area contributed by atoms with Crippen LogP contribution in [0.2, 0.25) is 5.02 Å². The van der Waals surface area contributed by atoms with Gasteiger partial charge in [-0.2, -0.15) is 8.78 Å². The lowest BCUT2D eigenvalue weighted by atomic mass is 10.1. The highest BCUT2D eigenvalue weighted by atomic mass is 35.5. The molecule has 2 rings (SSSR count). The summed E-state index contributed by atoms with van der Waals surface area (Å²) in [6.45, 7) is 1.99. The van der Waals surface area contributed by atoms with Crippen molar-refractivity contribution >= 4 is 35.0 Å². The quantitative estimate of drug-likeness (QED) is 0.511. The number of hydrogen-bond acceptors (Lipinski definition) is 3. The Morgan fingerprint density at radius 1 is 1.28 bits per heavy atom. The van der Waals surface area contributed by atoms with Crippen LogP contribution >= 0.6 is 11.6 Å². The fourth-order valence-electron chi connectivity index (χ4n) is 2.02. The maximum Gasteiger partial charge on any atom is 0.387 e. The van der Waals surface area contributed by atoms with Crippen molar-refractivity contribution in [3.05, 3.63) is 47.0 Å². The van der Waals surface area contributed by atoms with Gasteiger partial charge in [-0.1, -0.05) is 11.6 Å². The Balaban J connectivity index is 2.15. The van der Waals surface area contributed by atoms with E-state index in [9.17, 15) is 8.78 Å². The van der Waals surface area contributed by atoms with E-state index in [1.54, 1.807) is 24.5 Å². The van der Waals surface area contributed by atoms with Gasteiger partial charge in [-0.25, -0.2) is 4.99 Å². The van der Waals surface area contributed by atoms with Gasteiger partial charge in [-0.15, -0.1) is 0 Å². The molecule has 0 fully saturated rings. The molecule has 4 nitrogen and oxygen atoms in total. The number of ether oxygens (including phenoxy) is 1. The first-order valence-electron chi connectivity index (χ1n) is 7.75. The standard InChI is InChI=1S/C18H20ClF2N3O/c1-4-24(3)11-22-17-9-12(2)16(10-15(17)19)23-13-5-7-14(8-6-13)25-18(20)21/h5-11,18,23H,4H2,1-3H3/b22-11-. The van der Waals surface area contributed by atoms with E-state index in [-0.39, 0.29) is 5.75 Å². The van der Waals surface area contributed by atoms with Gasteiger partial charge in [0.25, 0.3) is 0 Å². The van der Waals surface area contributed by atoms with Crippen LogP contribution in [0.4, 0.5) is 25.8 Å². The van der Waals surface area contributed by atoms with Crippen LogP contribution in [0.3, 0.4) is 0 Å². The van der Waals surface area contributed by atoms with Crippen LogP contribution in [0.5, 0.6) is 5.75 Å². The van der Waals surface area contributed by atoms with E-state index in [0.29, 0.717) is 10.7 Å². The topological polar surface area (TPSA) is 36.9 Å². The summed E-state index contributed by atoms with van der Waals surface area (Å²) in [4.78, 5) is 6.32. The monoisotopic (exact) mass is 367 g/mol. The molecule has 0 aliphatic carbocycles. The summed E-state index contributed by atoms with van der Waals surface area (Å²) in [6, 6.07) is 9.95. The molecule has 134 valence electrons. The molecule has 1 N–H and O–H groups in total. The molecule has 0 unspecified atom stereocenters. The van der Waals surface area contributed by atoms with Gasteiger partial charge in [0, 0.05) is 25.0 Å². The van der Waals surface area contributed by atoms with Gasteiger partial charge in [0.2, 0.25) is 0 Å². The minimum Gasteiger partial charge on any atom is -0.435 e. The van der Waals surface area contributed by atoms with Gasteiger partial charge >= 0.3 is 6.61 Å². The van der Waals surface area contributed by atoms with Crippen molar-refractivity contribution in [2.45, 2.75) is 20.5 Å². The Morgan fingerprint density at radius 3 is 2.56 bits per heavy atom. The summed E-state index contributed by atoms with van der Waals surface area (Å²) < 4.78 is 28.7. The van der Waals surface area contributed by atoms with Crippen LogP contribution in [0.1, 0.15) is 12.5 Å². The number of halogens is 3. The predicted molar refractivity (Wildman–Crippen MR) is 99.0 cm³/mol. The van der Waals surface area contributed by atoms with Crippen molar-refractivity contribution in [3.63, 3.8) is 0 Å². The minimum absolute atomic E-state index is 0.111. The summed E-state index contributed by atoms with van der Waals surface area (Å²) >= 11 is 6.30. The number of nitrogens with one attached hydrogen (secondary N) is 1. The predicted octanol–water partition coefficient (Wildman–Crippen LogP) is 5.60. The van der Waals surface area contributed by atoms with Crippen molar-refractivity contribution in [2.75, 3.05) is 18.9 Å². The van der Waals surface area contributed by atoms with Crippen LogP contribution in [0.25, 0.3) is 0 Å². The molecule has 0 heterocycles. The van der Waals surface area contributed by atoms with Crippen LogP contribution in [-0.4, -0.2) is 31.4 Å². The first-order chi connectivity index (χ1) is 11.9. The van der Waals surface area contributed by atoms with Crippen molar-refractivity contribution in [3.8, 4) is 5.75 Å². The number of benzene rings is 2. The van der Waals surface area contributed by atoms with E-state index in [1.807, 2.05) is 31.9 Å². The molecule has 0 aliphatic rings. The van der Waals surface area contributed by atoms with E-state index < -0.39 is 6.61 Å². The molecule has 0 radical (unpaired) electrons. The van der Waals surface area contributed by atoms with E-state index in [0.717, 1.165) is 23.5 Å². The fourth-order valence-corrected chi connectivity index (χ4v) is 2.23. The number of nitrogens with zero attached hydrogens (tertiary/aromatic N) is 2. The molecule has 7 heteroatoms. The summed E-state index contributed by atoms with van der Waals surface area (Å²) in [5.74, 6) is 0.111. The third-order valence-electron chi connectivity index (χ3n) is 3.55. The third-order valence-corrected chi connectivity index (χ3v) is 3.85. The Morgan fingerprint density at radius 2 is 1.96 bits per heavy atom. The Bertz CT molecular complexity index is 736. The highest BCUT2D eigenvalue weighted by Crippen LogP contribution is 2.33.